The van der Waals surface area contributed by atoms with E-state index in [0.717, 1.165) is 29.3 Å². The van der Waals surface area contributed by atoms with Gasteiger partial charge in [0, 0.05) is 23.3 Å². The summed E-state index contributed by atoms with van der Waals surface area (Å²) in [7, 11) is -4.67. The van der Waals surface area contributed by atoms with Crippen LogP contribution in [-0.4, -0.2) is 47.5 Å². The highest BCUT2D eigenvalue weighted by Gasteiger charge is 2.34. The minimum atomic E-state index is -4.80. The average molecular weight is 661 g/mol. The van der Waals surface area contributed by atoms with Crippen LogP contribution in [0.5, 0.6) is 5.75 Å². The van der Waals surface area contributed by atoms with Gasteiger partial charge in [-0.2, -0.15) is 17.9 Å². The molecule has 11 nitrogen and oxygen atoms in total. The maximum absolute atomic E-state index is 13.2. The molecule has 0 fully saturated rings. The first-order chi connectivity index (χ1) is 21.5. The third kappa shape index (κ3) is 9.20. The van der Waals surface area contributed by atoms with Gasteiger partial charge in [-0.05, 0) is 94.1 Å². The molecule has 46 heavy (non-hydrogen) atoms. The quantitative estimate of drug-likeness (QED) is 0.0861. The van der Waals surface area contributed by atoms with Gasteiger partial charge in [0.2, 0.25) is 10.0 Å². The van der Waals surface area contributed by atoms with Gasteiger partial charge < -0.3 is 9.47 Å². The number of fused-ring (bicyclic) bond motifs is 1. The Morgan fingerprint density at radius 3 is 2.50 bits per heavy atom. The van der Waals surface area contributed by atoms with Gasteiger partial charge in [-0.15, -0.1) is 0 Å². The molecule has 15 heteroatoms. The third-order valence-corrected chi connectivity index (χ3v) is 7.95. The van der Waals surface area contributed by atoms with Crippen LogP contribution < -0.4 is 9.46 Å². The Morgan fingerprint density at radius 2 is 1.80 bits per heavy atom. The van der Waals surface area contributed by atoms with Gasteiger partial charge in [0.15, 0.2) is 11.4 Å². The van der Waals surface area contributed by atoms with Crippen molar-refractivity contribution in [3.05, 3.63) is 99.9 Å². The highest BCUT2D eigenvalue weighted by Crippen LogP contribution is 2.31. The summed E-state index contributed by atoms with van der Waals surface area (Å²) in [5.74, 6) is -1.07. The van der Waals surface area contributed by atoms with E-state index in [1.807, 2.05) is 24.3 Å². The van der Waals surface area contributed by atoms with E-state index in [2.05, 4.69) is 14.7 Å². The number of nitro groups is 1. The van der Waals surface area contributed by atoms with Gasteiger partial charge in [-0.1, -0.05) is 12.1 Å². The van der Waals surface area contributed by atoms with Gasteiger partial charge in [-0.25, -0.2) is 18.4 Å². The van der Waals surface area contributed by atoms with Crippen molar-refractivity contribution in [2.45, 2.75) is 62.7 Å². The number of ether oxygens (including phenoxy) is 2. The molecular formula is C31H31F3N4O7S. The van der Waals surface area contributed by atoms with Crippen molar-refractivity contribution in [3.63, 3.8) is 0 Å². The first kappa shape index (κ1) is 34.2. The molecule has 1 atom stereocenters. The molecule has 0 amide bonds. The number of carbonyl (C=O) groups is 1. The topological polar surface area (TPSA) is 151 Å². The Balaban J connectivity index is 1.50. The second-order valence-corrected chi connectivity index (χ2v) is 13.0. The second kappa shape index (κ2) is 13.8. The van der Waals surface area contributed by atoms with Gasteiger partial charge in [-0.3, -0.25) is 14.9 Å². The fourth-order valence-corrected chi connectivity index (χ4v) is 5.63. The standard InChI is InChI=1S/C31H31F3N4O7S/c1-30(2,3)45-29(39)25(37-46(42,43)24-10-4-8-22(19-24)31(32,33)34)17-20-11-14-27(26(18-20)38(40)41)44-16-6-9-23-13-12-21-7-5-15-35-28(21)36-23/h4-5,7-8,10-15,18-19,25,37H,6,9,16-17H2,1-3H3/t25-/m0/s1. The number of alkyl halides is 3. The summed E-state index contributed by atoms with van der Waals surface area (Å²) in [6.07, 6.45) is -2.55. The number of carbonyl (C=O) groups excluding carboxylic acids is 1. The van der Waals surface area contributed by atoms with Gasteiger partial charge >= 0.3 is 17.8 Å². The van der Waals surface area contributed by atoms with Gasteiger partial charge in [0.1, 0.15) is 11.6 Å². The number of aromatic nitrogens is 2. The zero-order valence-corrected chi connectivity index (χ0v) is 25.9. The molecule has 2 heterocycles. The van der Waals surface area contributed by atoms with E-state index >= 15 is 0 Å². The SMILES string of the molecule is CC(C)(C)OC(=O)[C@H](Cc1ccc(OCCCc2ccc3cccnc3n2)c([N+](=O)[O-])c1)NS(=O)(=O)c1cccc(C(F)(F)F)c1. The highest BCUT2D eigenvalue weighted by molar-refractivity contribution is 7.89. The van der Waals surface area contributed by atoms with Crippen molar-refractivity contribution in [1.29, 1.82) is 0 Å². The van der Waals surface area contributed by atoms with Crippen LogP contribution in [0, 0.1) is 10.1 Å². The molecule has 2 aromatic heterocycles. The molecule has 0 saturated heterocycles. The highest BCUT2D eigenvalue weighted by atomic mass is 32.2. The van der Waals surface area contributed by atoms with Crippen molar-refractivity contribution in [1.82, 2.24) is 14.7 Å². The smallest absolute Gasteiger partial charge is 0.416 e. The predicted molar refractivity (Wildman–Crippen MR) is 162 cm³/mol. The van der Waals surface area contributed by atoms with Crippen LogP contribution >= 0.6 is 0 Å². The summed E-state index contributed by atoms with van der Waals surface area (Å²) in [6.45, 7) is 4.77. The van der Waals surface area contributed by atoms with Crippen LogP contribution in [0.3, 0.4) is 0 Å². The lowest BCUT2D eigenvalue weighted by Crippen LogP contribution is -2.45. The number of benzene rings is 2. The number of esters is 1. The normalized spacial score (nSPS) is 12.9. The zero-order valence-electron chi connectivity index (χ0n) is 25.1. The van der Waals surface area contributed by atoms with E-state index in [1.54, 1.807) is 27.0 Å². The van der Waals surface area contributed by atoms with Crippen molar-refractivity contribution in [2.75, 3.05) is 6.61 Å². The molecule has 0 unspecified atom stereocenters. The van der Waals surface area contributed by atoms with Crippen LogP contribution in [0.1, 0.15) is 44.0 Å². The Kier molecular flexibility index (Phi) is 10.3. The number of sulfonamides is 1. The number of rotatable bonds is 12. The van der Waals surface area contributed by atoms with Crippen LogP contribution in [0.15, 0.2) is 77.8 Å². The molecule has 4 aromatic rings. The minimum Gasteiger partial charge on any atom is -0.487 e. The van der Waals surface area contributed by atoms with E-state index in [-0.39, 0.29) is 17.9 Å². The van der Waals surface area contributed by atoms with Crippen molar-refractivity contribution in [3.8, 4) is 5.75 Å². The number of aryl methyl sites for hydroxylation is 1. The van der Waals surface area contributed by atoms with Crippen LogP contribution in [0.25, 0.3) is 11.0 Å². The Morgan fingerprint density at radius 1 is 1.04 bits per heavy atom. The van der Waals surface area contributed by atoms with E-state index in [0.29, 0.717) is 30.6 Å². The number of nitro benzene ring substituents is 1. The molecule has 0 aliphatic rings. The Hall–Kier alpha value is -4.63. The molecule has 0 aliphatic carbocycles. The minimum absolute atomic E-state index is 0.0414. The van der Waals surface area contributed by atoms with Crippen molar-refractivity contribution >= 4 is 32.7 Å². The maximum atomic E-state index is 13.2. The molecule has 0 aliphatic heterocycles. The average Bonchev–Trinajstić information content (AvgIpc) is 2.98. The van der Waals surface area contributed by atoms with E-state index in [4.69, 9.17) is 9.47 Å². The molecule has 0 spiro atoms. The Bertz CT molecular complexity index is 1840. The van der Waals surface area contributed by atoms with Gasteiger partial charge in [0.05, 0.1) is 22.0 Å². The maximum Gasteiger partial charge on any atom is 0.416 e. The van der Waals surface area contributed by atoms with E-state index < -0.39 is 61.3 Å². The van der Waals surface area contributed by atoms with Crippen molar-refractivity contribution in [2.24, 2.45) is 0 Å². The zero-order chi connectivity index (χ0) is 33.7. The molecular weight excluding hydrogens is 629 g/mol. The summed E-state index contributed by atoms with van der Waals surface area (Å²) in [6, 6.07) is 12.8. The molecule has 244 valence electrons. The summed E-state index contributed by atoms with van der Waals surface area (Å²) in [5.41, 5.74) is -1.10. The number of hydrogen-bond acceptors (Lipinski definition) is 9. The monoisotopic (exact) mass is 660 g/mol. The molecule has 0 saturated carbocycles. The number of nitrogens with zero attached hydrogens (tertiary/aromatic N) is 3. The first-order valence-corrected chi connectivity index (χ1v) is 15.5. The van der Waals surface area contributed by atoms with Crippen LogP contribution in [0.2, 0.25) is 0 Å². The summed E-state index contributed by atoms with van der Waals surface area (Å²) in [5, 5.41) is 12.8. The summed E-state index contributed by atoms with van der Waals surface area (Å²) < 4.78 is 79.0. The second-order valence-electron chi connectivity index (χ2n) is 11.3. The summed E-state index contributed by atoms with van der Waals surface area (Å²) >= 11 is 0. The molecule has 0 radical (unpaired) electrons. The van der Waals surface area contributed by atoms with Crippen molar-refractivity contribution < 1.29 is 40.8 Å². The van der Waals surface area contributed by atoms with E-state index in [1.165, 1.54) is 12.1 Å². The first-order valence-electron chi connectivity index (χ1n) is 14.0. The summed E-state index contributed by atoms with van der Waals surface area (Å²) in [4.78, 5) is 32.3. The van der Waals surface area contributed by atoms with Crippen LogP contribution in [0.4, 0.5) is 18.9 Å². The van der Waals surface area contributed by atoms with Gasteiger partial charge in [0.25, 0.3) is 0 Å². The van der Waals surface area contributed by atoms with Crippen LogP contribution in [-0.2, 0) is 38.6 Å². The number of hydrogen-bond donors (Lipinski definition) is 1. The largest absolute Gasteiger partial charge is 0.487 e. The lowest BCUT2D eigenvalue weighted by Gasteiger charge is -2.25. The molecule has 4 rings (SSSR count). The third-order valence-electron chi connectivity index (χ3n) is 6.48. The number of nitrogens with one attached hydrogen (secondary N) is 1. The molecule has 1 N–H and O–H groups in total. The fourth-order valence-electron chi connectivity index (χ4n) is 4.40. The Labute approximate surface area is 263 Å². The van der Waals surface area contributed by atoms with E-state index in [9.17, 15) is 36.5 Å². The molecule has 2 aromatic carbocycles. The fraction of sp³-hybridized carbons (Fsp3) is 0.323. The predicted octanol–water partition coefficient (Wildman–Crippen LogP) is 5.80. The lowest BCUT2D eigenvalue weighted by molar-refractivity contribution is -0.385. The lowest BCUT2D eigenvalue weighted by atomic mass is 10.0. The number of pyridine rings is 2. The molecule has 0 bridgehead atoms. The number of halogens is 3.